The molecule has 0 amide bonds. The zero-order chi connectivity index (χ0) is 28.0. The van der Waals surface area contributed by atoms with Crippen LogP contribution in [0.5, 0.6) is 5.75 Å². The number of carboxylic acids is 1. The number of carboxylic acid groups (broad SMARTS) is 1. The van der Waals surface area contributed by atoms with Crippen molar-refractivity contribution in [3.63, 3.8) is 0 Å². The number of carbonyl (C=O) groups is 1. The van der Waals surface area contributed by atoms with Crippen LogP contribution in [-0.2, 0) is 19.5 Å². The van der Waals surface area contributed by atoms with Crippen LogP contribution >= 0.6 is 0 Å². The molecule has 0 bridgehead atoms. The van der Waals surface area contributed by atoms with Crippen LogP contribution in [0.1, 0.15) is 23.3 Å². The van der Waals surface area contributed by atoms with Crippen LogP contribution < -0.4 is 32.6 Å². The number of ether oxygens (including phenoxy) is 1. The Hall–Kier alpha value is -3.66. The first-order valence-corrected chi connectivity index (χ1v) is 13.1. The molecule has 2 aliphatic heterocycles. The van der Waals surface area contributed by atoms with E-state index in [-0.39, 0.29) is 49.9 Å². The van der Waals surface area contributed by atoms with Crippen LogP contribution in [0.2, 0.25) is 0 Å². The molecule has 2 aromatic carbocycles. The smallest absolute Gasteiger partial charge is 1.00 e. The molecular weight excluding hydrogens is 614 g/mol. The van der Waals surface area contributed by atoms with Gasteiger partial charge in [0.1, 0.15) is 12.3 Å². The molecule has 12 heteroatoms. The second kappa shape index (κ2) is 12.7. The Morgan fingerprint density at radius 2 is 1.62 bits per heavy atom. The van der Waals surface area contributed by atoms with Crippen molar-refractivity contribution >= 4 is 44.4 Å². The largest absolute Gasteiger partial charge is 2.00 e. The van der Waals surface area contributed by atoms with Crippen molar-refractivity contribution < 1.29 is 50.9 Å². The Balaban J connectivity index is 0.000000215. The van der Waals surface area contributed by atoms with Gasteiger partial charge in [0.05, 0.1) is 39.5 Å². The molecule has 0 saturated carbocycles. The van der Waals surface area contributed by atoms with E-state index in [4.69, 9.17) is 4.74 Å². The van der Waals surface area contributed by atoms with Crippen molar-refractivity contribution in [2.75, 3.05) is 44.7 Å². The van der Waals surface area contributed by atoms with E-state index in [1.165, 1.54) is 6.20 Å². The van der Waals surface area contributed by atoms with E-state index < -0.39 is 22.8 Å². The van der Waals surface area contributed by atoms with Crippen LogP contribution in [0.25, 0.3) is 32.7 Å². The van der Waals surface area contributed by atoms with Gasteiger partial charge in [0, 0.05) is 55.5 Å². The van der Waals surface area contributed by atoms with Gasteiger partial charge in [-0.05, 0) is 32.2 Å². The Morgan fingerprint density at radius 3 is 2.19 bits per heavy atom. The summed E-state index contributed by atoms with van der Waals surface area (Å²) in [7, 11) is 2.01. The third-order valence-electron chi connectivity index (χ3n) is 7.53. The molecule has 9 nitrogen and oxygen atoms in total. The van der Waals surface area contributed by atoms with Crippen LogP contribution in [0.3, 0.4) is 0 Å². The SMILES string of the molecule is CC1COc2c(N3CCN(C)CC3)c(F)cc3c(=O)c(C(=O)[O-])cn1c23.[Cl-].[Zn+2].c1cnc2c(c1)ccc1cccnc12. The van der Waals surface area contributed by atoms with E-state index in [2.05, 4.69) is 39.1 Å². The van der Waals surface area contributed by atoms with Gasteiger partial charge >= 0.3 is 19.5 Å². The number of piperazine rings is 1. The molecule has 1 atom stereocenters. The quantitative estimate of drug-likeness (QED) is 0.196. The van der Waals surface area contributed by atoms with Crippen LogP contribution in [-0.4, -0.2) is 65.2 Å². The minimum atomic E-state index is -1.57. The van der Waals surface area contributed by atoms with Gasteiger partial charge in [-0.15, -0.1) is 0 Å². The van der Waals surface area contributed by atoms with Crippen molar-refractivity contribution in [3.05, 3.63) is 82.7 Å². The summed E-state index contributed by atoms with van der Waals surface area (Å²) < 4.78 is 22.5. The fourth-order valence-corrected chi connectivity index (χ4v) is 5.36. The number of carbonyl (C=O) groups excluding carboxylic acids is 1. The number of benzene rings is 2. The van der Waals surface area contributed by atoms with Gasteiger partial charge in [-0.2, -0.15) is 0 Å². The van der Waals surface area contributed by atoms with E-state index in [1.807, 2.05) is 31.0 Å². The average molecular weight is 641 g/mol. The number of rotatable bonds is 2. The number of hydrogen-bond donors (Lipinski definition) is 0. The predicted octanol–water partition coefficient (Wildman–Crippen LogP) is -0.00620. The van der Waals surface area contributed by atoms with Gasteiger partial charge in [0.15, 0.2) is 17.0 Å². The first-order valence-electron chi connectivity index (χ1n) is 13.1. The molecule has 1 fully saturated rings. The summed E-state index contributed by atoms with van der Waals surface area (Å²) in [5.41, 5.74) is 1.51. The fourth-order valence-electron chi connectivity index (χ4n) is 5.36. The first-order chi connectivity index (χ1) is 19.3. The van der Waals surface area contributed by atoms with Gasteiger partial charge in [0.25, 0.3) is 0 Å². The van der Waals surface area contributed by atoms with E-state index in [0.717, 1.165) is 41.0 Å². The molecule has 1 unspecified atom stereocenters. The zero-order valence-electron chi connectivity index (χ0n) is 23.2. The second-order valence-electron chi connectivity index (χ2n) is 10.2. The van der Waals surface area contributed by atoms with Gasteiger partial charge in [0.2, 0.25) is 0 Å². The Kier molecular flexibility index (Phi) is 9.45. The Labute approximate surface area is 260 Å². The molecule has 3 aromatic heterocycles. The molecule has 0 spiro atoms. The molecule has 212 valence electrons. The zero-order valence-corrected chi connectivity index (χ0v) is 26.9. The predicted molar refractivity (Wildman–Crippen MR) is 149 cm³/mol. The van der Waals surface area contributed by atoms with Crippen molar-refractivity contribution in [1.82, 2.24) is 19.4 Å². The molecule has 7 rings (SSSR count). The minimum absolute atomic E-state index is 0. The van der Waals surface area contributed by atoms with Gasteiger partial charge < -0.3 is 41.4 Å². The molecule has 2 aliphatic rings. The van der Waals surface area contributed by atoms with Gasteiger partial charge in [-0.3, -0.25) is 14.8 Å². The van der Waals surface area contributed by atoms with Crippen LogP contribution in [0.4, 0.5) is 10.1 Å². The summed E-state index contributed by atoms with van der Waals surface area (Å²) in [6.45, 7) is 5.00. The summed E-state index contributed by atoms with van der Waals surface area (Å²) in [6, 6.07) is 13.1. The number of likely N-dealkylation sites (N-methyl/N-ethyl adjacent to an activating group) is 1. The molecule has 5 heterocycles. The molecular formula is C30H27ClFN5O4Zn. The summed E-state index contributed by atoms with van der Waals surface area (Å²) in [5, 5.41) is 13.6. The van der Waals surface area contributed by atoms with E-state index >= 15 is 0 Å². The summed E-state index contributed by atoms with van der Waals surface area (Å²) in [5.74, 6) is -1.83. The summed E-state index contributed by atoms with van der Waals surface area (Å²) in [4.78, 5) is 36.6. The monoisotopic (exact) mass is 639 g/mol. The molecule has 1 saturated heterocycles. The maximum Gasteiger partial charge on any atom is 2.00 e. The van der Waals surface area contributed by atoms with Crippen LogP contribution in [0, 0.1) is 5.82 Å². The molecule has 0 aliphatic carbocycles. The van der Waals surface area contributed by atoms with E-state index in [0.29, 0.717) is 30.0 Å². The average Bonchev–Trinajstić information content (AvgIpc) is 2.96. The van der Waals surface area contributed by atoms with Crippen molar-refractivity contribution in [3.8, 4) is 5.75 Å². The number of aromatic nitrogens is 3. The Bertz CT molecular complexity index is 1790. The maximum absolute atomic E-state index is 15.0. The van der Waals surface area contributed by atoms with Crippen LogP contribution in [0.15, 0.2) is 65.8 Å². The molecule has 5 aromatic rings. The van der Waals surface area contributed by atoms with Gasteiger partial charge in [-0.25, -0.2) is 4.39 Å². The first kappa shape index (κ1) is 31.3. The topological polar surface area (TPSA) is 104 Å². The van der Waals surface area contributed by atoms with E-state index in [1.54, 1.807) is 17.0 Å². The maximum atomic E-state index is 15.0. The van der Waals surface area contributed by atoms with Crippen molar-refractivity contribution in [1.29, 1.82) is 0 Å². The number of pyridine rings is 3. The fraction of sp³-hybridized carbons (Fsp3) is 0.267. The van der Waals surface area contributed by atoms with Crippen molar-refractivity contribution in [2.24, 2.45) is 0 Å². The van der Waals surface area contributed by atoms with Crippen molar-refractivity contribution in [2.45, 2.75) is 13.0 Å². The number of aromatic carboxylic acids is 1. The molecule has 42 heavy (non-hydrogen) atoms. The minimum Gasteiger partial charge on any atom is -1.00 e. The standard InChI is InChI=1S/C18H20FN3O4.C12H8N2.ClH.Zn/c1-10-9-26-17-14-11(16(23)12(18(24)25)8-22(10)14)7-13(19)15(17)21-5-3-20(2)4-6-21;1-3-9-5-6-10-4-2-8-14-12(10)11(9)13-7-1;;/h7-8,10H,3-6,9H2,1-2H3,(H,24,25);1-8H;1H;/q;;;+2/p-2. The number of hydrogen-bond acceptors (Lipinski definition) is 8. The normalized spacial score (nSPS) is 16.2. The summed E-state index contributed by atoms with van der Waals surface area (Å²) in [6.07, 6.45) is 4.88. The van der Waals surface area contributed by atoms with Gasteiger partial charge in [-0.1, -0.05) is 24.3 Å². The number of halogens is 2. The Morgan fingerprint density at radius 1 is 1.02 bits per heavy atom. The number of anilines is 1. The van der Waals surface area contributed by atoms with E-state index in [9.17, 15) is 19.1 Å². The number of fused-ring (bicyclic) bond motifs is 3. The number of nitrogens with zero attached hydrogens (tertiary/aromatic N) is 5. The third-order valence-corrected chi connectivity index (χ3v) is 7.53. The summed E-state index contributed by atoms with van der Waals surface area (Å²) >= 11 is 0. The molecule has 0 radical (unpaired) electrons. The second-order valence-corrected chi connectivity index (χ2v) is 10.2. The molecule has 0 N–H and O–H groups in total. The third kappa shape index (κ3) is 5.56.